The van der Waals surface area contributed by atoms with Gasteiger partial charge < -0.3 is 0 Å². The maximum atomic E-state index is 3.72. The minimum absolute atomic E-state index is 0.998. The average molecular weight is 129 g/mol. The van der Waals surface area contributed by atoms with Crippen molar-refractivity contribution >= 4 is 11.8 Å². The second kappa shape index (κ2) is 7.09. The minimum Gasteiger partial charge on any atom is -0.162 e. The molecule has 0 aliphatic rings. The number of thioether (sulfide) groups is 1. The minimum atomic E-state index is 0.998. The summed E-state index contributed by atoms with van der Waals surface area (Å²) >= 11 is 1.89. The van der Waals surface area contributed by atoms with E-state index < -0.39 is 0 Å². The second-order valence-electron chi connectivity index (χ2n) is 1.47. The SMILES string of the molecule is [CH2]CSCCC=CC. The Kier molecular flexibility index (Phi) is 7.17. The van der Waals surface area contributed by atoms with Gasteiger partial charge in [0.15, 0.2) is 0 Å². The summed E-state index contributed by atoms with van der Waals surface area (Å²) in [5.74, 6) is 2.21. The third kappa shape index (κ3) is 6.09. The normalized spacial score (nSPS) is 10.8. The highest BCUT2D eigenvalue weighted by Gasteiger charge is 1.78. The van der Waals surface area contributed by atoms with E-state index >= 15 is 0 Å². The predicted octanol–water partition coefficient (Wildman–Crippen LogP) is 2.52. The van der Waals surface area contributed by atoms with Gasteiger partial charge in [-0.15, -0.1) is 0 Å². The topological polar surface area (TPSA) is 0 Å². The van der Waals surface area contributed by atoms with Crippen LogP contribution in [0.1, 0.15) is 13.3 Å². The molecule has 0 rings (SSSR count). The molecule has 47 valence electrons. The Morgan fingerprint density at radius 1 is 1.62 bits per heavy atom. The molecule has 0 fully saturated rings. The summed E-state index contributed by atoms with van der Waals surface area (Å²) in [7, 11) is 0. The Bertz CT molecular complexity index is 57.4. The molecule has 1 radical (unpaired) electrons. The van der Waals surface area contributed by atoms with Gasteiger partial charge >= 0.3 is 0 Å². The van der Waals surface area contributed by atoms with E-state index in [9.17, 15) is 0 Å². The lowest BCUT2D eigenvalue weighted by molar-refractivity contribution is 1.24. The fraction of sp³-hybridized carbons (Fsp3) is 0.571. The molecular formula is C7H13S. The Morgan fingerprint density at radius 2 is 2.38 bits per heavy atom. The molecule has 0 heterocycles. The fourth-order valence-electron chi connectivity index (χ4n) is 0.420. The van der Waals surface area contributed by atoms with Gasteiger partial charge in [-0.1, -0.05) is 12.2 Å². The average Bonchev–Trinajstić information content (AvgIpc) is 1.81. The van der Waals surface area contributed by atoms with Crippen LogP contribution in [0.5, 0.6) is 0 Å². The van der Waals surface area contributed by atoms with Gasteiger partial charge in [0.1, 0.15) is 0 Å². The Morgan fingerprint density at radius 3 is 2.88 bits per heavy atom. The first-order chi connectivity index (χ1) is 3.91. The standard InChI is InChI=1S/C7H13S/c1-3-5-6-7-8-4-2/h3,5H,2,4,6-7H2,1H3. The van der Waals surface area contributed by atoms with Gasteiger partial charge in [-0.3, -0.25) is 0 Å². The first-order valence-corrected chi connectivity index (χ1v) is 4.05. The van der Waals surface area contributed by atoms with Crippen molar-refractivity contribution in [3.8, 4) is 0 Å². The van der Waals surface area contributed by atoms with E-state index in [1.807, 2.05) is 11.8 Å². The number of allylic oxidation sites excluding steroid dienone is 2. The molecule has 0 saturated heterocycles. The van der Waals surface area contributed by atoms with E-state index in [1.54, 1.807) is 0 Å². The van der Waals surface area contributed by atoms with Crippen molar-refractivity contribution in [3.63, 3.8) is 0 Å². The molecule has 0 aromatic carbocycles. The summed E-state index contributed by atoms with van der Waals surface area (Å²) in [4.78, 5) is 0. The first kappa shape index (κ1) is 8.09. The highest BCUT2D eigenvalue weighted by molar-refractivity contribution is 7.99. The summed E-state index contributed by atoms with van der Waals surface area (Å²) in [6.07, 6.45) is 5.46. The molecule has 0 aliphatic heterocycles. The Hall–Kier alpha value is 0.0900. The third-order valence-electron chi connectivity index (χ3n) is 0.809. The zero-order valence-electron chi connectivity index (χ0n) is 5.39. The van der Waals surface area contributed by atoms with Crippen LogP contribution in [0, 0.1) is 6.92 Å². The summed E-state index contributed by atoms with van der Waals surface area (Å²) in [5.41, 5.74) is 0. The maximum Gasteiger partial charge on any atom is -0.00329 e. The van der Waals surface area contributed by atoms with Gasteiger partial charge in [0, 0.05) is 0 Å². The van der Waals surface area contributed by atoms with Crippen LogP contribution < -0.4 is 0 Å². The van der Waals surface area contributed by atoms with Crippen LogP contribution in [0.25, 0.3) is 0 Å². The lowest BCUT2D eigenvalue weighted by atomic mass is 10.4. The van der Waals surface area contributed by atoms with Crippen LogP contribution in [-0.4, -0.2) is 11.5 Å². The number of rotatable bonds is 4. The van der Waals surface area contributed by atoms with E-state index in [2.05, 4.69) is 26.0 Å². The van der Waals surface area contributed by atoms with Gasteiger partial charge in [0.25, 0.3) is 0 Å². The molecule has 1 heteroatoms. The molecule has 0 spiro atoms. The monoisotopic (exact) mass is 129 g/mol. The largest absolute Gasteiger partial charge is 0.162 e. The molecule has 0 bridgehead atoms. The second-order valence-corrected chi connectivity index (χ2v) is 2.69. The zero-order valence-corrected chi connectivity index (χ0v) is 6.21. The van der Waals surface area contributed by atoms with Crippen LogP contribution in [0.2, 0.25) is 0 Å². The molecule has 0 amide bonds. The van der Waals surface area contributed by atoms with E-state index in [0.717, 1.165) is 5.75 Å². The number of hydrogen-bond donors (Lipinski definition) is 0. The molecule has 0 aromatic rings. The predicted molar refractivity (Wildman–Crippen MR) is 42.1 cm³/mol. The summed E-state index contributed by atoms with van der Waals surface area (Å²) in [6, 6.07) is 0. The molecule has 8 heavy (non-hydrogen) atoms. The summed E-state index contributed by atoms with van der Waals surface area (Å²) in [6.45, 7) is 5.77. The van der Waals surface area contributed by atoms with Crippen molar-refractivity contribution < 1.29 is 0 Å². The highest BCUT2D eigenvalue weighted by Crippen LogP contribution is 2.00. The van der Waals surface area contributed by atoms with Gasteiger partial charge in [0.2, 0.25) is 0 Å². The van der Waals surface area contributed by atoms with Crippen molar-refractivity contribution in [2.45, 2.75) is 13.3 Å². The third-order valence-corrected chi connectivity index (χ3v) is 1.62. The molecular weight excluding hydrogens is 116 g/mol. The van der Waals surface area contributed by atoms with E-state index in [-0.39, 0.29) is 0 Å². The fourth-order valence-corrected chi connectivity index (χ4v) is 0.927. The lowest BCUT2D eigenvalue weighted by Gasteiger charge is -1.89. The maximum absolute atomic E-state index is 3.72. The van der Waals surface area contributed by atoms with E-state index in [0.29, 0.717) is 0 Å². The van der Waals surface area contributed by atoms with Crippen LogP contribution in [0.15, 0.2) is 12.2 Å². The van der Waals surface area contributed by atoms with Crippen molar-refractivity contribution in [2.24, 2.45) is 0 Å². The molecule has 0 saturated carbocycles. The van der Waals surface area contributed by atoms with Gasteiger partial charge in [-0.25, -0.2) is 0 Å². The first-order valence-electron chi connectivity index (χ1n) is 2.90. The van der Waals surface area contributed by atoms with Gasteiger partial charge in [0.05, 0.1) is 0 Å². The molecule has 0 aromatic heterocycles. The van der Waals surface area contributed by atoms with Crippen LogP contribution in [-0.2, 0) is 0 Å². The van der Waals surface area contributed by atoms with Crippen molar-refractivity contribution in [1.82, 2.24) is 0 Å². The van der Waals surface area contributed by atoms with Gasteiger partial charge in [-0.2, -0.15) is 11.8 Å². The Balaban J connectivity index is 2.72. The van der Waals surface area contributed by atoms with E-state index in [4.69, 9.17) is 0 Å². The quantitative estimate of drug-likeness (QED) is 0.415. The van der Waals surface area contributed by atoms with E-state index in [1.165, 1.54) is 12.2 Å². The molecule has 0 N–H and O–H groups in total. The van der Waals surface area contributed by atoms with Gasteiger partial charge in [-0.05, 0) is 31.8 Å². The van der Waals surface area contributed by atoms with Crippen molar-refractivity contribution in [3.05, 3.63) is 19.1 Å². The number of hydrogen-bond acceptors (Lipinski definition) is 1. The lowest BCUT2D eigenvalue weighted by Crippen LogP contribution is -1.74. The summed E-state index contributed by atoms with van der Waals surface area (Å²) in [5, 5.41) is 0. The van der Waals surface area contributed by atoms with Crippen molar-refractivity contribution in [1.29, 1.82) is 0 Å². The van der Waals surface area contributed by atoms with Crippen LogP contribution >= 0.6 is 11.8 Å². The van der Waals surface area contributed by atoms with Crippen LogP contribution in [0.3, 0.4) is 0 Å². The molecule has 0 atom stereocenters. The molecule has 0 nitrogen and oxygen atoms in total. The highest BCUT2D eigenvalue weighted by atomic mass is 32.2. The summed E-state index contributed by atoms with van der Waals surface area (Å²) < 4.78 is 0. The van der Waals surface area contributed by atoms with Crippen LogP contribution in [0.4, 0.5) is 0 Å². The van der Waals surface area contributed by atoms with Crippen molar-refractivity contribution in [2.75, 3.05) is 11.5 Å². The smallest absolute Gasteiger partial charge is 0.00329 e. The molecule has 0 aliphatic carbocycles. The Labute approximate surface area is 56.4 Å². The molecule has 0 unspecified atom stereocenters. The zero-order chi connectivity index (χ0) is 6.24.